The molecule has 0 aromatic heterocycles. The predicted molar refractivity (Wildman–Crippen MR) is 75.1 cm³/mol. The first-order chi connectivity index (χ1) is 8.33. The molecule has 0 bridgehead atoms. The third-order valence-corrected chi connectivity index (χ3v) is 3.03. The molecule has 0 amide bonds. The second-order valence-corrected chi connectivity index (χ2v) is 5.92. The quantitative estimate of drug-likeness (QED) is 0.841. The Morgan fingerprint density at radius 3 is 2.56 bits per heavy atom. The fraction of sp³-hybridized carbons (Fsp3) is 0.600. The second kappa shape index (κ2) is 6.10. The lowest BCUT2D eigenvalue weighted by Gasteiger charge is -2.21. The fourth-order valence-electron chi connectivity index (χ4n) is 1.75. The molecule has 0 heterocycles. The Hall–Kier alpha value is -1.22. The van der Waals surface area contributed by atoms with Gasteiger partial charge in [0.25, 0.3) is 0 Å². The standard InChI is InChI=1S/C15H25NO2/c1-11(16-9-8-15(2,3)4)12-6-7-13(17)14(10-12)18-5/h6-7,10-11,16-17H,8-9H2,1-5H3. The Kier molecular flexibility index (Phi) is 5.03. The van der Waals surface area contributed by atoms with Crippen LogP contribution in [0.15, 0.2) is 18.2 Å². The average molecular weight is 251 g/mol. The Balaban J connectivity index is 2.59. The van der Waals surface area contributed by atoms with Crippen LogP contribution in [0.25, 0.3) is 0 Å². The molecular formula is C15H25NO2. The first kappa shape index (κ1) is 14.8. The molecule has 0 fully saturated rings. The highest BCUT2D eigenvalue weighted by Gasteiger charge is 2.12. The second-order valence-electron chi connectivity index (χ2n) is 5.92. The molecular weight excluding hydrogens is 226 g/mol. The van der Waals surface area contributed by atoms with Crippen LogP contribution < -0.4 is 10.1 Å². The minimum absolute atomic E-state index is 0.183. The zero-order valence-corrected chi connectivity index (χ0v) is 12.1. The van der Waals surface area contributed by atoms with E-state index in [1.54, 1.807) is 13.2 Å². The lowest BCUT2D eigenvalue weighted by Crippen LogP contribution is -2.23. The number of hydrogen-bond donors (Lipinski definition) is 2. The van der Waals surface area contributed by atoms with E-state index in [9.17, 15) is 5.11 Å². The van der Waals surface area contributed by atoms with Gasteiger partial charge in [-0.25, -0.2) is 0 Å². The van der Waals surface area contributed by atoms with Crippen molar-refractivity contribution in [3.05, 3.63) is 23.8 Å². The van der Waals surface area contributed by atoms with E-state index in [0.717, 1.165) is 18.5 Å². The monoisotopic (exact) mass is 251 g/mol. The van der Waals surface area contributed by atoms with Gasteiger partial charge in [0, 0.05) is 6.04 Å². The number of nitrogens with one attached hydrogen (secondary N) is 1. The molecule has 3 nitrogen and oxygen atoms in total. The molecule has 0 saturated carbocycles. The lowest BCUT2D eigenvalue weighted by molar-refractivity contribution is 0.356. The number of phenolic OH excluding ortho intramolecular Hbond substituents is 1. The van der Waals surface area contributed by atoms with Gasteiger partial charge in [-0.1, -0.05) is 26.8 Å². The van der Waals surface area contributed by atoms with E-state index >= 15 is 0 Å². The molecule has 2 N–H and O–H groups in total. The van der Waals surface area contributed by atoms with E-state index in [1.165, 1.54) is 0 Å². The molecule has 18 heavy (non-hydrogen) atoms. The Morgan fingerprint density at radius 1 is 1.33 bits per heavy atom. The van der Waals surface area contributed by atoms with Crippen LogP contribution in [0, 0.1) is 5.41 Å². The summed E-state index contributed by atoms with van der Waals surface area (Å²) in [6.07, 6.45) is 1.13. The average Bonchev–Trinajstić information content (AvgIpc) is 2.27. The highest BCUT2D eigenvalue weighted by molar-refractivity contribution is 5.42. The topological polar surface area (TPSA) is 41.5 Å². The van der Waals surface area contributed by atoms with Crippen LogP contribution in [-0.4, -0.2) is 18.8 Å². The van der Waals surface area contributed by atoms with Crippen LogP contribution in [0.3, 0.4) is 0 Å². The highest BCUT2D eigenvalue weighted by atomic mass is 16.5. The summed E-state index contributed by atoms with van der Waals surface area (Å²) in [4.78, 5) is 0. The number of ether oxygens (including phenoxy) is 1. The van der Waals surface area contributed by atoms with E-state index in [0.29, 0.717) is 11.2 Å². The van der Waals surface area contributed by atoms with Gasteiger partial charge in [-0.05, 0) is 43.0 Å². The Morgan fingerprint density at radius 2 is 2.00 bits per heavy atom. The van der Waals surface area contributed by atoms with Crippen molar-refractivity contribution >= 4 is 0 Å². The van der Waals surface area contributed by atoms with Crippen molar-refractivity contribution in [2.24, 2.45) is 5.41 Å². The molecule has 1 rings (SSSR count). The molecule has 0 radical (unpaired) electrons. The summed E-state index contributed by atoms with van der Waals surface area (Å²) < 4.78 is 5.12. The number of methoxy groups -OCH3 is 1. The van der Waals surface area contributed by atoms with Crippen LogP contribution in [0.1, 0.15) is 45.7 Å². The van der Waals surface area contributed by atoms with Gasteiger partial charge in [-0.15, -0.1) is 0 Å². The molecule has 1 unspecified atom stereocenters. The molecule has 0 aliphatic heterocycles. The Bertz CT molecular complexity index is 383. The Labute approximate surface area is 110 Å². The number of hydrogen-bond acceptors (Lipinski definition) is 3. The highest BCUT2D eigenvalue weighted by Crippen LogP contribution is 2.29. The fourth-order valence-corrected chi connectivity index (χ4v) is 1.75. The third-order valence-electron chi connectivity index (χ3n) is 3.03. The number of aromatic hydroxyl groups is 1. The number of rotatable bonds is 5. The summed E-state index contributed by atoms with van der Waals surface area (Å²) in [5, 5.41) is 13.0. The van der Waals surface area contributed by atoms with Gasteiger partial charge in [0.1, 0.15) is 0 Å². The number of phenols is 1. The molecule has 0 aliphatic rings. The van der Waals surface area contributed by atoms with Crippen molar-refractivity contribution < 1.29 is 9.84 Å². The van der Waals surface area contributed by atoms with Gasteiger partial charge in [0.05, 0.1) is 7.11 Å². The van der Waals surface area contributed by atoms with Crippen LogP contribution in [0.2, 0.25) is 0 Å². The van der Waals surface area contributed by atoms with Crippen molar-refractivity contribution in [2.75, 3.05) is 13.7 Å². The summed E-state index contributed by atoms with van der Waals surface area (Å²) in [6, 6.07) is 5.73. The van der Waals surface area contributed by atoms with Gasteiger partial charge < -0.3 is 15.2 Å². The third kappa shape index (κ3) is 4.57. The normalized spacial score (nSPS) is 13.4. The number of benzene rings is 1. The van der Waals surface area contributed by atoms with Gasteiger partial charge in [0.15, 0.2) is 11.5 Å². The molecule has 0 saturated heterocycles. The maximum absolute atomic E-state index is 9.55. The molecule has 3 heteroatoms. The molecule has 1 aromatic carbocycles. The smallest absolute Gasteiger partial charge is 0.160 e. The van der Waals surface area contributed by atoms with Gasteiger partial charge in [-0.3, -0.25) is 0 Å². The molecule has 102 valence electrons. The summed E-state index contributed by atoms with van der Waals surface area (Å²) in [5.41, 5.74) is 1.47. The summed E-state index contributed by atoms with van der Waals surface area (Å²) >= 11 is 0. The van der Waals surface area contributed by atoms with E-state index in [2.05, 4.69) is 33.0 Å². The molecule has 1 aromatic rings. The molecule has 0 aliphatic carbocycles. The largest absolute Gasteiger partial charge is 0.504 e. The van der Waals surface area contributed by atoms with Crippen LogP contribution >= 0.6 is 0 Å². The van der Waals surface area contributed by atoms with Crippen molar-refractivity contribution in [1.29, 1.82) is 0 Å². The summed E-state index contributed by atoms with van der Waals surface area (Å²) in [6.45, 7) is 9.82. The maximum atomic E-state index is 9.55. The van der Waals surface area contributed by atoms with E-state index in [1.807, 2.05) is 12.1 Å². The van der Waals surface area contributed by atoms with Gasteiger partial charge in [0.2, 0.25) is 0 Å². The predicted octanol–water partition coefficient (Wildman–Crippen LogP) is 3.49. The molecule has 1 atom stereocenters. The van der Waals surface area contributed by atoms with Crippen LogP contribution in [0.5, 0.6) is 11.5 Å². The van der Waals surface area contributed by atoms with Gasteiger partial charge in [-0.2, -0.15) is 0 Å². The SMILES string of the molecule is COc1cc(C(C)NCCC(C)(C)C)ccc1O. The minimum Gasteiger partial charge on any atom is -0.504 e. The maximum Gasteiger partial charge on any atom is 0.160 e. The van der Waals surface area contributed by atoms with E-state index in [4.69, 9.17) is 4.74 Å². The van der Waals surface area contributed by atoms with E-state index in [-0.39, 0.29) is 11.8 Å². The summed E-state index contributed by atoms with van der Waals surface area (Å²) in [5.74, 6) is 0.708. The van der Waals surface area contributed by atoms with Crippen molar-refractivity contribution in [1.82, 2.24) is 5.32 Å². The zero-order valence-electron chi connectivity index (χ0n) is 12.1. The van der Waals surface area contributed by atoms with Crippen molar-refractivity contribution in [2.45, 2.75) is 40.2 Å². The van der Waals surface area contributed by atoms with Crippen molar-refractivity contribution in [3.8, 4) is 11.5 Å². The minimum atomic E-state index is 0.183. The van der Waals surface area contributed by atoms with Crippen molar-refractivity contribution in [3.63, 3.8) is 0 Å². The summed E-state index contributed by atoms with van der Waals surface area (Å²) in [7, 11) is 1.57. The first-order valence-corrected chi connectivity index (χ1v) is 6.44. The first-order valence-electron chi connectivity index (χ1n) is 6.44. The molecule has 0 spiro atoms. The zero-order chi connectivity index (χ0) is 13.8. The van der Waals surface area contributed by atoms with Crippen LogP contribution in [-0.2, 0) is 0 Å². The lowest BCUT2D eigenvalue weighted by atomic mass is 9.92. The van der Waals surface area contributed by atoms with Gasteiger partial charge >= 0.3 is 0 Å². The van der Waals surface area contributed by atoms with E-state index < -0.39 is 0 Å². The van der Waals surface area contributed by atoms with Crippen LogP contribution in [0.4, 0.5) is 0 Å².